The Morgan fingerprint density at radius 3 is 2.71 bits per heavy atom. The topological polar surface area (TPSA) is 96.0 Å². The van der Waals surface area contributed by atoms with Gasteiger partial charge in [0.2, 0.25) is 5.75 Å². The molecule has 0 spiro atoms. The van der Waals surface area contributed by atoms with E-state index < -0.39 is 16.4 Å². The van der Waals surface area contributed by atoms with Crippen LogP contribution in [0.3, 0.4) is 0 Å². The van der Waals surface area contributed by atoms with Gasteiger partial charge in [0.25, 0.3) is 0 Å². The molecule has 2 N–H and O–H groups in total. The minimum Gasteiger partial charge on any atom is -0.502 e. The fourth-order valence-corrected chi connectivity index (χ4v) is 1.37. The van der Waals surface area contributed by atoms with Gasteiger partial charge in [-0.3, -0.25) is 10.1 Å². The van der Waals surface area contributed by atoms with Crippen LogP contribution in [0.25, 0.3) is 0 Å². The fourth-order valence-electron chi connectivity index (χ4n) is 0.905. The molecule has 0 radical (unpaired) electrons. The lowest BCUT2D eigenvalue weighted by Gasteiger charge is -2.00. The number of halogens is 1. The molecule has 1 aromatic carbocycles. The maximum atomic E-state index is 10.4. The second kappa shape index (κ2) is 4.05. The van der Waals surface area contributed by atoms with Crippen LogP contribution in [0.1, 0.15) is 5.56 Å². The summed E-state index contributed by atoms with van der Waals surface area (Å²) >= 11 is 3.03. The van der Waals surface area contributed by atoms with Crippen LogP contribution in [0.4, 0.5) is 5.69 Å². The van der Waals surface area contributed by atoms with Crippen LogP contribution in [0, 0.1) is 10.1 Å². The van der Waals surface area contributed by atoms with Gasteiger partial charge in [0.05, 0.1) is 11.1 Å². The molecule has 1 aromatic rings. The van der Waals surface area contributed by atoms with Crippen LogP contribution in [-0.4, -0.2) is 21.5 Å². The molecule has 0 bridgehead atoms. The Morgan fingerprint density at radius 1 is 1.57 bits per heavy atom. The summed E-state index contributed by atoms with van der Waals surface area (Å²) < 4.78 is 0.414. The summed E-state index contributed by atoms with van der Waals surface area (Å²) in [4.78, 5) is 9.72. The van der Waals surface area contributed by atoms with Crippen LogP contribution in [0.15, 0.2) is 21.8 Å². The second-order valence-corrected chi connectivity index (χ2v) is 3.28. The van der Waals surface area contributed by atoms with Crippen molar-refractivity contribution in [1.29, 1.82) is 0 Å². The number of phenolic OH excluding ortho intramolecular Hbond substituents is 1. The van der Waals surface area contributed by atoms with Crippen molar-refractivity contribution in [2.24, 2.45) is 5.16 Å². The van der Waals surface area contributed by atoms with Gasteiger partial charge in [0.15, 0.2) is 0 Å². The standard InChI is InChI=1S/C7H5BrN2O4/c8-5-1-4(3-9-12)7(11)6(2-5)10(13)14/h1-3,11-12H/b9-3-. The minimum atomic E-state index is -0.727. The number of hydrogen-bond acceptors (Lipinski definition) is 5. The SMILES string of the molecule is O=[N+]([O-])c1cc(Br)cc(/C=N\O)c1O. The fraction of sp³-hybridized carbons (Fsp3) is 0. The lowest BCUT2D eigenvalue weighted by Crippen LogP contribution is -1.92. The van der Waals surface area contributed by atoms with E-state index in [0.29, 0.717) is 4.47 Å². The minimum absolute atomic E-state index is 0.0635. The highest BCUT2D eigenvalue weighted by Crippen LogP contribution is 2.32. The third kappa shape index (κ3) is 1.99. The molecular formula is C7H5BrN2O4. The van der Waals surface area contributed by atoms with E-state index in [9.17, 15) is 15.2 Å². The number of nitrogens with zero attached hydrogens (tertiary/aromatic N) is 2. The van der Waals surface area contributed by atoms with Crippen molar-refractivity contribution in [3.63, 3.8) is 0 Å². The molecule has 6 nitrogen and oxygen atoms in total. The van der Waals surface area contributed by atoms with Crippen LogP contribution in [0.5, 0.6) is 5.75 Å². The molecule has 7 heteroatoms. The number of rotatable bonds is 2. The lowest BCUT2D eigenvalue weighted by molar-refractivity contribution is -0.385. The summed E-state index contributed by atoms with van der Waals surface area (Å²) in [5.41, 5.74) is -0.386. The molecule has 14 heavy (non-hydrogen) atoms. The first-order valence-electron chi connectivity index (χ1n) is 3.40. The van der Waals surface area contributed by atoms with Crippen molar-refractivity contribution in [1.82, 2.24) is 0 Å². The predicted octanol–water partition coefficient (Wildman–Crippen LogP) is 1.87. The highest BCUT2D eigenvalue weighted by atomic mass is 79.9. The number of oxime groups is 1. The van der Waals surface area contributed by atoms with E-state index in [2.05, 4.69) is 21.1 Å². The van der Waals surface area contributed by atoms with Crippen molar-refractivity contribution in [3.8, 4) is 5.75 Å². The van der Waals surface area contributed by atoms with Crippen molar-refractivity contribution in [2.75, 3.05) is 0 Å². The zero-order chi connectivity index (χ0) is 10.7. The summed E-state index contributed by atoms with van der Waals surface area (Å²) in [6.07, 6.45) is 0.910. The summed E-state index contributed by atoms with van der Waals surface area (Å²) in [5, 5.41) is 30.7. The first-order chi connectivity index (χ1) is 6.56. The van der Waals surface area contributed by atoms with Gasteiger partial charge in [0, 0.05) is 16.1 Å². The third-order valence-corrected chi connectivity index (χ3v) is 1.94. The first-order valence-corrected chi connectivity index (χ1v) is 4.20. The van der Waals surface area contributed by atoms with Crippen molar-refractivity contribution in [3.05, 3.63) is 32.3 Å². The van der Waals surface area contributed by atoms with Gasteiger partial charge < -0.3 is 10.3 Å². The quantitative estimate of drug-likeness (QED) is 0.367. The van der Waals surface area contributed by atoms with E-state index in [4.69, 9.17) is 5.21 Å². The molecule has 74 valence electrons. The molecule has 0 unspecified atom stereocenters. The van der Waals surface area contributed by atoms with E-state index in [-0.39, 0.29) is 5.56 Å². The molecule has 0 fully saturated rings. The molecule has 0 aliphatic rings. The maximum Gasteiger partial charge on any atom is 0.312 e. The van der Waals surface area contributed by atoms with Gasteiger partial charge in [-0.15, -0.1) is 0 Å². The van der Waals surface area contributed by atoms with E-state index in [1.165, 1.54) is 6.07 Å². The Balaban J connectivity index is 3.39. The smallest absolute Gasteiger partial charge is 0.312 e. The van der Waals surface area contributed by atoms with E-state index in [1.54, 1.807) is 0 Å². The molecule has 0 aromatic heterocycles. The Labute approximate surface area is 86.8 Å². The molecule has 0 aliphatic heterocycles. The molecular weight excluding hydrogens is 256 g/mol. The number of hydrogen-bond donors (Lipinski definition) is 2. The summed E-state index contributed by atoms with van der Waals surface area (Å²) in [6.45, 7) is 0. The number of nitro benzene ring substituents is 1. The number of benzene rings is 1. The zero-order valence-electron chi connectivity index (χ0n) is 6.72. The summed E-state index contributed by atoms with van der Waals surface area (Å²) in [6, 6.07) is 2.55. The van der Waals surface area contributed by atoms with Crippen LogP contribution < -0.4 is 0 Å². The molecule has 0 aliphatic carbocycles. The molecule has 0 saturated carbocycles. The van der Waals surface area contributed by atoms with Gasteiger partial charge in [-0.1, -0.05) is 21.1 Å². The molecule has 0 amide bonds. The van der Waals surface area contributed by atoms with Gasteiger partial charge >= 0.3 is 5.69 Å². The first kappa shape index (κ1) is 10.5. The molecule has 0 saturated heterocycles. The Kier molecular flexibility index (Phi) is 3.03. The Morgan fingerprint density at radius 2 is 2.21 bits per heavy atom. The van der Waals surface area contributed by atoms with Gasteiger partial charge in [0.1, 0.15) is 0 Å². The number of phenols is 1. The summed E-state index contributed by atoms with van der Waals surface area (Å²) in [5.74, 6) is -0.531. The van der Waals surface area contributed by atoms with Crippen LogP contribution in [-0.2, 0) is 0 Å². The molecule has 0 heterocycles. The summed E-state index contributed by atoms with van der Waals surface area (Å²) in [7, 11) is 0. The van der Waals surface area contributed by atoms with E-state index in [1.807, 2.05) is 0 Å². The van der Waals surface area contributed by atoms with Crippen LogP contribution >= 0.6 is 15.9 Å². The number of aromatic hydroxyl groups is 1. The van der Waals surface area contributed by atoms with Gasteiger partial charge in [-0.2, -0.15) is 0 Å². The predicted molar refractivity (Wildman–Crippen MR) is 51.8 cm³/mol. The van der Waals surface area contributed by atoms with E-state index in [0.717, 1.165) is 12.3 Å². The Bertz CT molecular complexity index is 405. The highest BCUT2D eigenvalue weighted by Gasteiger charge is 2.17. The van der Waals surface area contributed by atoms with Crippen molar-refractivity contribution < 1.29 is 15.2 Å². The van der Waals surface area contributed by atoms with Crippen molar-refractivity contribution >= 4 is 27.8 Å². The zero-order valence-corrected chi connectivity index (χ0v) is 8.30. The Hall–Kier alpha value is -1.63. The van der Waals surface area contributed by atoms with Gasteiger partial charge in [-0.05, 0) is 6.07 Å². The molecule has 1 rings (SSSR count). The molecule has 0 atom stereocenters. The maximum absolute atomic E-state index is 10.4. The third-order valence-electron chi connectivity index (χ3n) is 1.48. The average Bonchev–Trinajstić information content (AvgIpc) is 2.10. The van der Waals surface area contributed by atoms with Gasteiger partial charge in [-0.25, -0.2) is 0 Å². The number of nitro groups is 1. The largest absolute Gasteiger partial charge is 0.502 e. The normalized spacial score (nSPS) is 10.6. The highest BCUT2D eigenvalue weighted by molar-refractivity contribution is 9.10. The second-order valence-electron chi connectivity index (χ2n) is 2.36. The van der Waals surface area contributed by atoms with Crippen molar-refractivity contribution in [2.45, 2.75) is 0 Å². The van der Waals surface area contributed by atoms with E-state index >= 15 is 0 Å². The monoisotopic (exact) mass is 260 g/mol. The lowest BCUT2D eigenvalue weighted by atomic mass is 10.2. The average molecular weight is 261 g/mol. The van der Waals surface area contributed by atoms with Crippen LogP contribution in [0.2, 0.25) is 0 Å².